The fourth-order valence-corrected chi connectivity index (χ4v) is 3.68. The molecule has 2 aromatic rings. The number of hydrogen-bond acceptors (Lipinski definition) is 5. The number of carboxylic acids is 1. The molecule has 31 heavy (non-hydrogen) atoms. The van der Waals surface area contributed by atoms with E-state index >= 15 is 0 Å². The zero-order valence-corrected chi connectivity index (χ0v) is 17.8. The van der Waals surface area contributed by atoms with Crippen molar-refractivity contribution >= 4 is 29.1 Å². The standard InChI is InChI=1S/C24H26N2O5/c1-15-6-8-17(9-7-15)22(29)20-21(16-10-12-18(13-11-16)25(2)3)26(24(31)23(20)30)14-4-5-19(27)28/h6-13,21,29H,4-5,14H2,1-3H3,(H,27,28)/t21-/m1/s1. The van der Waals surface area contributed by atoms with E-state index in [0.29, 0.717) is 11.1 Å². The number of carbonyl (C=O) groups is 3. The third-order valence-electron chi connectivity index (χ3n) is 5.38. The smallest absolute Gasteiger partial charge is 0.303 e. The highest BCUT2D eigenvalue weighted by Crippen LogP contribution is 2.40. The van der Waals surface area contributed by atoms with E-state index in [4.69, 9.17) is 5.11 Å². The van der Waals surface area contributed by atoms with Gasteiger partial charge in [0.15, 0.2) is 0 Å². The number of hydrogen-bond donors (Lipinski definition) is 2. The molecule has 3 rings (SSSR count). The third kappa shape index (κ3) is 4.60. The average molecular weight is 422 g/mol. The Morgan fingerprint density at radius 1 is 1.00 bits per heavy atom. The third-order valence-corrected chi connectivity index (χ3v) is 5.38. The first-order valence-corrected chi connectivity index (χ1v) is 10.0. The Morgan fingerprint density at radius 2 is 1.61 bits per heavy atom. The van der Waals surface area contributed by atoms with Gasteiger partial charge in [0.2, 0.25) is 0 Å². The van der Waals surface area contributed by atoms with Crippen LogP contribution in [0.2, 0.25) is 0 Å². The molecule has 162 valence electrons. The molecule has 0 saturated carbocycles. The minimum Gasteiger partial charge on any atom is -0.507 e. The predicted molar refractivity (Wildman–Crippen MR) is 118 cm³/mol. The monoisotopic (exact) mass is 422 g/mol. The summed E-state index contributed by atoms with van der Waals surface area (Å²) in [5, 5.41) is 19.9. The number of nitrogens with zero attached hydrogens (tertiary/aromatic N) is 2. The number of likely N-dealkylation sites (tertiary alicyclic amines) is 1. The topological polar surface area (TPSA) is 98.2 Å². The summed E-state index contributed by atoms with van der Waals surface area (Å²) in [5.41, 5.74) is 3.09. The lowest BCUT2D eigenvalue weighted by molar-refractivity contribution is -0.140. The number of aliphatic hydroxyl groups excluding tert-OH is 1. The maximum Gasteiger partial charge on any atom is 0.303 e. The van der Waals surface area contributed by atoms with Gasteiger partial charge in [-0.05, 0) is 31.0 Å². The molecular formula is C24H26N2O5. The Hall–Kier alpha value is -3.61. The van der Waals surface area contributed by atoms with Crippen LogP contribution >= 0.6 is 0 Å². The van der Waals surface area contributed by atoms with E-state index in [9.17, 15) is 19.5 Å². The molecule has 1 saturated heterocycles. The van der Waals surface area contributed by atoms with E-state index in [-0.39, 0.29) is 30.7 Å². The molecule has 1 heterocycles. The highest BCUT2D eigenvalue weighted by Gasteiger charge is 2.45. The fourth-order valence-electron chi connectivity index (χ4n) is 3.68. The Labute approximate surface area is 181 Å². The van der Waals surface area contributed by atoms with E-state index in [0.717, 1.165) is 11.3 Å². The first-order chi connectivity index (χ1) is 14.7. The molecule has 2 aromatic carbocycles. The zero-order chi connectivity index (χ0) is 22.7. The average Bonchev–Trinajstić information content (AvgIpc) is 2.98. The Kier molecular flexibility index (Phi) is 6.44. The number of benzene rings is 2. The summed E-state index contributed by atoms with van der Waals surface area (Å²) in [7, 11) is 3.81. The van der Waals surface area contributed by atoms with Crippen LogP contribution in [0.3, 0.4) is 0 Å². The fraction of sp³-hybridized carbons (Fsp3) is 0.292. The van der Waals surface area contributed by atoms with E-state index in [1.165, 1.54) is 4.90 Å². The molecule has 1 aliphatic heterocycles. The van der Waals surface area contributed by atoms with Crippen molar-refractivity contribution in [3.63, 3.8) is 0 Å². The SMILES string of the molecule is Cc1ccc(C(O)=C2C(=O)C(=O)N(CCCC(=O)O)[C@@H]2c2ccc(N(C)C)cc2)cc1. The molecule has 0 radical (unpaired) electrons. The quantitative estimate of drug-likeness (QED) is 0.403. The van der Waals surface area contributed by atoms with Crippen molar-refractivity contribution in [2.75, 3.05) is 25.5 Å². The van der Waals surface area contributed by atoms with Gasteiger partial charge in [-0.15, -0.1) is 0 Å². The van der Waals surface area contributed by atoms with Crippen LogP contribution in [0, 0.1) is 6.92 Å². The predicted octanol–water partition coefficient (Wildman–Crippen LogP) is 3.35. The molecule has 7 heteroatoms. The lowest BCUT2D eigenvalue weighted by atomic mass is 9.94. The molecule has 0 spiro atoms. The number of Topliss-reactive ketones (excluding diaryl/α,β-unsaturated/α-hetero) is 1. The largest absolute Gasteiger partial charge is 0.507 e. The van der Waals surface area contributed by atoms with Crippen LogP contribution in [0.1, 0.15) is 35.6 Å². The normalized spacial score (nSPS) is 17.8. The summed E-state index contributed by atoms with van der Waals surface area (Å²) in [4.78, 5) is 40.0. The number of amides is 1. The van der Waals surface area contributed by atoms with E-state index in [1.807, 2.05) is 62.3 Å². The van der Waals surface area contributed by atoms with Gasteiger partial charge in [-0.25, -0.2) is 0 Å². The van der Waals surface area contributed by atoms with Gasteiger partial charge in [-0.3, -0.25) is 14.4 Å². The molecule has 7 nitrogen and oxygen atoms in total. The van der Waals surface area contributed by atoms with Gasteiger partial charge in [0, 0.05) is 38.3 Å². The summed E-state index contributed by atoms with van der Waals surface area (Å²) in [5.74, 6) is -2.71. The van der Waals surface area contributed by atoms with Gasteiger partial charge >= 0.3 is 5.97 Å². The van der Waals surface area contributed by atoms with Crippen LogP contribution < -0.4 is 4.90 Å². The van der Waals surface area contributed by atoms with Crippen LogP contribution in [-0.4, -0.2) is 53.4 Å². The van der Waals surface area contributed by atoms with Crippen molar-refractivity contribution < 1.29 is 24.6 Å². The maximum atomic E-state index is 12.9. The number of carbonyl (C=O) groups excluding carboxylic acids is 2. The van der Waals surface area contributed by atoms with Crippen molar-refractivity contribution in [2.45, 2.75) is 25.8 Å². The number of ketones is 1. The van der Waals surface area contributed by atoms with Gasteiger partial charge in [-0.1, -0.05) is 42.0 Å². The Morgan fingerprint density at radius 3 is 2.16 bits per heavy atom. The number of aliphatic hydroxyl groups is 1. The summed E-state index contributed by atoms with van der Waals surface area (Å²) in [6.07, 6.45) is 0.0897. The van der Waals surface area contributed by atoms with E-state index in [2.05, 4.69) is 0 Å². The second-order valence-electron chi connectivity index (χ2n) is 7.84. The van der Waals surface area contributed by atoms with Crippen LogP contribution in [0.25, 0.3) is 5.76 Å². The van der Waals surface area contributed by atoms with Crippen LogP contribution in [0.15, 0.2) is 54.1 Å². The van der Waals surface area contributed by atoms with Crippen molar-refractivity contribution in [3.05, 3.63) is 70.8 Å². The van der Waals surface area contributed by atoms with Gasteiger partial charge < -0.3 is 20.0 Å². The maximum absolute atomic E-state index is 12.9. The van der Waals surface area contributed by atoms with Crippen LogP contribution in [0.4, 0.5) is 5.69 Å². The number of rotatable bonds is 7. The Bertz CT molecular complexity index is 1020. The van der Waals surface area contributed by atoms with E-state index < -0.39 is 23.7 Å². The molecule has 0 bridgehead atoms. The minimum atomic E-state index is -0.969. The molecule has 1 aliphatic rings. The van der Waals surface area contributed by atoms with Crippen LogP contribution in [0.5, 0.6) is 0 Å². The van der Waals surface area contributed by atoms with Crippen molar-refractivity contribution in [2.24, 2.45) is 0 Å². The summed E-state index contributed by atoms with van der Waals surface area (Å²) in [6.45, 7) is 2.01. The summed E-state index contributed by atoms with van der Waals surface area (Å²) >= 11 is 0. The lowest BCUT2D eigenvalue weighted by Gasteiger charge is -2.25. The molecule has 2 N–H and O–H groups in total. The Balaban J connectivity index is 2.09. The molecule has 0 unspecified atom stereocenters. The first kappa shape index (κ1) is 22.1. The zero-order valence-electron chi connectivity index (χ0n) is 17.8. The van der Waals surface area contributed by atoms with Gasteiger partial charge in [0.25, 0.3) is 11.7 Å². The second kappa shape index (κ2) is 9.04. The first-order valence-electron chi connectivity index (χ1n) is 10.0. The number of carboxylic acid groups (broad SMARTS) is 1. The lowest BCUT2D eigenvalue weighted by Crippen LogP contribution is -2.31. The van der Waals surface area contributed by atoms with Crippen LogP contribution in [-0.2, 0) is 14.4 Å². The number of aryl methyl sites for hydroxylation is 1. The van der Waals surface area contributed by atoms with Gasteiger partial charge in [0.1, 0.15) is 5.76 Å². The van der Waals surface area contributed by atoms with Crippen molar-refractivity contribution in [1.29, 1.82) is 0 Å². The summed E-state index contributed by atoms with van der Waals surface area (Å²) < 4.78 is 0. The van der Waals surface area contributed by atoms with Crippen molar-refractivity contribution in [1.82, 2.24) is 4.90 Å². The highest BCUT2D eigenvalue weighted by atomic mass is 16.4. The minimum absolute atomic E-state index is 0.0155. The summed E-state index contributed by atoms with van der Waals surface area (Å²) in [6, 6.07) is 13.6. The highest BCUT2D eigenvalue weighted by molar-refractivity contribution is 6.46. The number of aliphatic carboxylic acids is 1. The number of anilines is 1. The second-order valence-corrected chi connectivity index (χ2v) is 7.84. The molecular weight excluding hydrogens is 396 g/mol. The van der Waals surface area contributed by atoms with Gasteiger partial charge in [-0.2, -0.15) is 0 Å². The van der Waals surface area contributed by atoms with E-state index in [1.54, 1.807) is 12.1 Å². The molecule has 1 atom stereocenters. The molecule has 0 aromatic heterocycles. The van der Waals surface area contributed by atoms with Crippen molar-refractivity contribution in [3.8, 4) is 0 Å². The molecule has 0 aliphatic carbocycles. The molecule has 1 fully saturated rings. The van der Waals surface area contributed by atoms with Gasteiger partial charge in [0.05, 0.1) is 11.6 Å². The molecule has 1 amide bonds.